The van der Waals surface area contributed by atoms with E-state index in [0.717, 1.165) is 17.4 Å². The molecule has 15 heavy (non-hydrogen) atoms. The lowest BCUT2D eigenvalue weighted by Gasteiger charge is -2.07. The largest absolute Gasteiger partial charge is 0.355 e. The quantitative estimate of drug-likeness (QED) is 0.343. The lowest BCUT2D eigenvalue weighted by Crippen LogP contribution is -2.41. The third-order valence-electron chi connectivity index (χ3n) is 1.75. The van der Waals surface area contributed by atoms with Crippen molar-refractivity contribution in [2.45, 2.75) is 19.9 Å². The van der Waals surface area contributed by atoms with E-state index in [2.05, 4.69) is 38.6 Å². The molecule has 0 bridgehead atoms. The van der Waals surface area contributed by atoms with Gasteiger partial charge < -0.3 is 5.32 Å². The summed E-state index contributed by atoms with van der Waals surface area (Å²) in [6.07, 6.45) is 1.05. The molecule has 0 atom stereocenters. The number of aliphatic imine (C=N–C) groups is 1. The van der Waals surface area contributed by atoms with E-state index < -0.39 is 0 Å². The molecule has 0 fully saturated rings. The Morgan fingerprint density at radius 1 is 1.67 bits per heavy atom. The molecule has 1 heterocycles. The number of halogens is 1. The maximum atomic E-state index is 5.34. The normalized spacial score (nSPS) is 11.5. The monoisotopic (exact) mass is 290 g/mol. The molecule has 0 spiro atoms. The smallest absolute Gasteiger partial charge is 0.206 e. The molecule has 0 saturated carbocycles. The zero-order valence-corrected chi connectivity index (χ0v) is 11.0. The van der Waals surface area contributed by atoms with E-state index >= 15 is 0 Å². The van der Waals surface area contributed by atoms with Crippen LogP contribution in [-0.4, -0.2) is 12.5 Å². The number of nitrogens with zero attached hydrogens (tertiary/aromatic N) is 1. The van der Waals surface area contributed by atoms with Gasteiger partial charge in [0.1, 0.15) is 0 Å². The molecule has 0 aliphatic rings. The van der Waals surface area contributed by atoms with Crippen molar-refractivity contribution in [2.24, 2.45) is 10.8 Å². The van der Waals surface area contributed by atoms with Gasteiger partial charge >= 0.3 is 0 Å². The Hall–Kier alpha value is -0.590. The van der Waals surface area contributed by atoms with Crippen LogP contribution in [0.5, 0.6) is 0 Å². The van der Waals surface area contributed by atoms with Crippen LogP contribution in [0.3, 0.4) is 0 Å². The first-order chi connectivity index (χ1) is 7.27. The molecule has 0 aliphatic carbocycles. The molecule has 1 aromatic heterocycles. The zero-order chi connectivity index (χ0) is 11.1. The number of hydrogen-bond acceptors (Lipinski definition) is 3. The fraction of sp³-hybridized carbons (Fsp3) is 0.444. The lowest BCUT2D eigenvalue weighted by atomic mass is 10.5. The van der Waals surface area contributed by atoms with Crippen molar-refractivity contribution in [1.82, 2.24) is 10.7 Å². The number of hydrazine groups is 1. The summed E-state index contributed by atoms with van der Waals surface area (Å²) in [6.45, 7) is 3.60. The fourth-order valence-corrected chi connectivity index (χ4v) is 2.39. The van der Waals surface area contributed by atoms with Crippen molar-refractivity contribution in [1.29, 1.82) is 0 Å². The maximum absolute atomic E-state index is 5.34. The first-order valence-electron chi connectivity index (χ1n) is 4.74. The van der Waals surface area contributed by atoms with Gasteiger partial charge in [0, 0.05) is 15.9 Å². The summed E-state index contributed by atoms with van der Waals surface area (Å²) in [5.41, 5.74) is 2.55. The molecule has 0 aliphatic heterocycles. The molecule has 4 nitrogen and oxygen atoms in total. The van der Waals surface area contributed by atoms with E-state index in [4.69, 9.17) is 5.84 Å². The molecular formula is C9H15BrN4S. The molecule has 0 radical (unpaired) electrons. The number of rotatable bonds is 4. The summed E-state index contributed by atoms with van der Waals surface area (Å²) in [5.74, 6) is 5.98. The Balaban J connectivity index is 2.50. The molecule has 84 valence electrons. The molecule has 1 rings (SSSR count). The molecule has 0 aromatic carbocycles. The molecule has 6 heteroatoms. The van der Waals surface area contributed by atoms with Crippen molar-refractivity contribution in [3.63, 3.8) is 0 Å². The molecular weight excluding hydrogens is 276 g/mol. The van der Waals surface area contributed by atoms with Crippen LogP contribution >= 0.6 is 27.3 Å². The summed E-state index contributed by atoms with van der Waals surface area (Å²) in [7, 11) is 0. The Morgan fingerprint density at radius 3 is 3.00 bits per heavy atom. The van der Waals surface area contributed by atoms with Crippen molar-refractivity contribution in [2.75, 3.05) is 6.54 Å². The Bertz CT molecular complexity index is 324. The second-order valence-electron chi connectivity index (χ2n) is 2.93. The first kappa shape index (κ1) is 12.5. The number of guanidine groups is 1. The minimum atomic E-state index is 0.633. The van der Waals surface area contributed by atoms with E-state index in [1.165, 1.54) is 4.88 Å². The van der Waals surface area contributed by atoms with Gasteiger partial charge in [-0.1, -0.05) is 6.92 Å². The third kappa shape index (κ3) is 4.19. The zero-order valence-electron chi connectivity index (χ0n) is 8.59. The van der Waals surface area contributed by atoms with E-state index in [0.29, 0.717) is 12.5 Å². The predicted octanol–water partition coefficient (Wildman–Crippen LogP) is 1.83. The van der Waals surface area contributed by atoms with E-state index in [-0.39, 0.29) is 0 Å². The maximum Gasteiger partial charge on any atom is 0.206 e. The van der Waals surface area contributed by atoms with Gasteiger partial charge in [0.25, 0.3) is 0 Å². The number of nitrogens with two attached hydrogens (primary N) is 1. The van der Waals surface area contributed by atoms with Crippen molar-refractivity contribution >= 4 is 33.2 Å². The van der Waals surface area contributed by atoms with E-state index in [1.54, 1.807) is 11.3 Å². The third-order valence-corrected chi connectivity index (χ3v) is 3.66. The lowest BCUT2D eigenvalue weighted by molar-refractivity contribution is 0.791. The Kier molecular flexibility index (Phi) is 5.67. The van der Waals surface area contributed by atoms with Gasteiger partial charge in [-0.15, -0.1) is 11.3 Å². The predicted molar refractivity (Wildman–Crippen MR) is 68.8 cm³/mol. The average Bonchev–Trinajstić information content (AvgIpc) is 2.65. The van der Waals surface area contributed by atoms with Crippen LogP contribution in [-0.2, 0) is 6.54 Å². The number of nitrogens with one attached hydrogen (secondary N) is 2. The van der Waals surface area contributed by atoms with Crippen molar-refractivity contribution in [3.05, 3.63) is 20.8 Å². The summed E-state index contributed by atoms with van der Waals surface area (Å²) < 4.78 is 1.10. The van der Waals surface area contributed by atoms with Crippen LogP contribution in [0.4, 0.5) is 0 Å². The summed E-state index contributed by atoms with van der Waals surface area (Å²) in [4.78, 5) is 5.53. The SMILES string of the molecule is CCCNC(=NCc1sccc1Br)NN. The second-order valence-corrected chi connectivity index (χ2v) is 4.78. The molecule has 0 saturated heterocycles. The van der Waals surface area contributed by atoms with Gasteiger partial charge in [-0.2, -0.15) is 0 Å². The Morgan fingerprint density at radius 2 is 2.47 bits per heavy atom. The number of hydrogen-bond donors (Lipinski definition) is 3. The van der Waals surface area contributed by atoms with Crippen molar-refractivity contribution in [3.8, 4) is 0 Å². The van der Waals surface area contributed by atoms with E-state index in [1.807, 2.05) is 11.4 Å². The number of thiophene rings is 1. The van der Waals surface area contributed by atoms with Gasteiger partial charge in [0.15, 0.2) is 0 Å². The molecule has 1 aromatic rings. The summed E-state index contributed by atoms with van der Waals surface area (Å²) >= 11 is 5.14. The molecule has 0 amide bonds. The highest BCUT2D eigenvalue weighted by Crippen LogP contribution is 2.23. The topological polar surface area (TPSA) is 62.4 Å². The second kappa shape index (κ2) is 6.81. The van der Waals surface area contributed by atoms with Crippen LogP contribution in [0.1, 0.15) is 18.2 Å². The van der Waals surface area contributed by atoms with Gasteiger partial charge in [-0.3, -0.25) is 5.43 Å². The highest BCUT2D eigenvalue weighted by atomic mass is 79.9. The van der Waals surface area contributed by atoms with Crippen LogP contribution in [0.25, 0.3) is 0 Å². The fourth-order valence-electron chi connectivity index (χ4n) is 0.985. The Labute approximate surface area is 102 Å². The standard InChI is InChI=1S/C9H15BrN4S/c1-2-4-12-9(14-11)13-6-8-7(10)3-5-15-8/h3,5H,2,4,6,11H2,1H3,(H2,12,13,14). The van der Waals surface area contributed by atoms with Gasteiger partial charge in [-0.25, -0.2) is 10.8 Å². The minimum Gasteiger partial charge on any atom is -0.355 e. The van der Waals surface area contributed by atoms with Gasteiger partial charge in [-0.05, 0) is 33.8 Å². The average molecular weight is 291 g/mol. The minimum absolute atomic E-state index is 0.633. The van der Waals surface area contributed by atoms with Crippen LogP contribution in [0.15, 0.2) is 20.9 Å². The van der Waals surface area contributed by atoms with Gasteiger partial charge in [0.2, 0.25) is 5.96 Å². The van der Waals surface area contributed by atoms with Crippen molar-refractivity contribution < 1.29 is 0 Å². The highest BCUT2D eigenvalue weighted by Gasteiger charge is 2.00. The van der Waals surface area contributed by atoms with Crippen LogP contribution < -0.4 is 16.6 Å². The first-order valence-corrected chi connectivity index (χ1v) is 6.42. The molecule has 4 N–H and O–H groups in total. The van der Waals surface area contributed by atoms with Gasteiger partial charge in [0.05, 0.1) is 6.54 Å². The van der Waals surface area contributed by atoms with E-state index in [9.17, 15) is 0 Å². The molecule has 0 unspecified atom stereocenters. The highest BCUT2D eigenvalue weighted by molar-refractivity contribution is 9.10. The summed E-state index contributed by atoms with van der Waals surface area (Å²) in [5, 5.41) is 5.14. The van der Waals surface area contributed by atoms with Crippen LogP contribution in [0.2, 0.25) is 0 Å². The summed E-state index contributed by atoms with van der Waals surface area (Å²) in [6, 6.07) is 2.02. The van der Waals surface area contributed by atoms with Crippen LogP contribution in [0, 0.1) is 0 Å².